The van der Waals surface area contributed by atoms with Crippen molar-refractivity contribution in [2.45, 2.75) is 6.92 Å². The Kier molecular flexibility index (Phi) is 2.79. The van der Waals surface area contributed by atoms with Crippen LogP contribution in [0.5, 0.6) is 11.6 Å². The van der Waals surface area contributed by atoms with Crippen LogP contribution in [0.4, 0.5) is 10.1 Å². The molecule has 0 aliphatic heterocycles. The molecule has 0 fully saturated rings. The Labute approximate surface area is 112 Å². The molecule has 2 N–H and O–H groups in total. The van der Waals surface area contributed by atoms with Gasteiger partial charge in [-0.25, -0.2) is 14.4 Å². The van der Waals surface area contributed by atoms with E-state index in [2.05, 4.69) is 9.97 Å². The van der Waals surface area contributed by atoms with Crippen molar-refractivity contribution in [3.63, 3.8) is 0 Å². The molecule has 0 atom stereocenters. The Morgan fingerprint density at radius 1 is 1.32 bits per heavy atom. The van der Waals surface area contributed by atoms with Crippen molar-refractivity contribution in [1.29, 1.82) is 0 Å². The summed E-state index contributed by atoms with van der Waals surface area (Å²) in [6, 6.07) is 4.28. The maximum absolute atomic E-state index is 13.7. The van der Waals surface area contributed by atoms with Crippen LogP contribution in [0.1, 0.15) is 5.56 Å². The lowest BCUT2D eigenvalue weighted by atomic mass is 10.3. The van der Waals surface area contributed by atoms with Crippen LogP contribution < -0.4 is 10.5 Å². The van der Waals surface area contributed by atoms with Gasteiger partial charge in [0.1, 0.15) is 11.0 Å². The number of ether oxygens (including phenoxy) is 1. The fourth-order valence-corrected chi connectivity index (χ4v) is 2.65. The van der Waals surface area contributed by atoms with Crippen LogP contribution in [0.15, 0.2) is 29.9 Å². The van der Waals surface area contributed by atoms with Gasteiger partial charge in [0.2, 0.25) is 5.88 Å². The third-order valence-corrected chi connectivity index (χ3v) is 3.74. The van der Waals surface area contributed by atoms with E-state index in [-0.39, 0.29) is 5.75 Å². The van der Waals surface area contributed by atoms with E-state index in [9.17, 15) is 4.39 Å². The van der Waals surface area contributed by atoms with E-state index >= 15 is 0 Å². The number of nitrogen functional groups attached to an aromatic ring is 1. The van der Waals surface area contributed by atoms with Crippen LogP contribution >= 0.6 is 11.3 Å². The molecule has 4 nitrogen and oxygen atoms in total. The minimum Gasteiger partial charge on any atom is -0.434 e. The first-order valence-corrected chi connectivity index (χ1v) is 6.45. The van der Waals surface area contributed by atoms with E-state index in [0.717, 1.165) is 15.8 Å². The second-order valence-corrected chi connectivity index (χ2v) is 4.95. The first kappa shape index (κ1) is 11.9. The largest absolute Gasteiger partial charge is 0.434 e. The molecule has 0 amide bonds. The number of fused-ring (bicyclic) bond motifs is 1. The van der Waals surface area contributed by atoms with Gasteiger partial charge in [-0.3, -0.25) is 0 Å². The summed E-state index contributed by atoms with van der Waals surface area (Å²) in [4.78, 5) is 8.24. The SMILES string of the molecule is Cc1csc2c(Oc3ccc(N)cc3F)ncnc12. The molecule has 3 aromatic rings. The maximum atomic E-state index is 13.7. The van der Waals surface area contributed by atoms with Gasteiger partial charge in [0.15, 0.2) is 11.6 Å². The number of nitrogens with two attached hydrogens (primary N) is 1. The molecule has 3 rings (SSSR count). The van der Waals surface area contributed by atoms with Gasteiger partial charge in [0, 0.05) is 11.8 Å². The zero-order valence-corrected chi connectivity index (χ0v) is 10.9. The minimum atomic E-state index is -0.514. The molecule has 96 valence electrons. The maximum Gasteiger partial charge on any atom is 0.240 e. The van der Waals surface area contributed by atoms with Gasteiger partial charge in [-0.1, -0.05) is 0 Å². The summed E-state index contributed by atoms with van der Waals surface area (Å²) < 4.78 is 20.0. The third-order valence-electron chi connectivity index (χ3n) is 2.66. The number of aromatic nitrogens is 2. The second kappa shape index (κ2) is 4.47. The molecular weight excluding hydrogens is 265 g/mol. The van der Waals surface area contributed by atoms with Gasteiger partial charge in [-0.2, -0.15) is 0 Å². The Morgan fingerprint density at radius 2 is 2.16 bits per heavy atom. The van der Waals surface area contributed by atoms with E-state index in [4.69, 9.17) is 10.5 Å². The van der Waals surface area contributed by atoms with E-state index in [0.29, 0.717) is 11.6 Å². The highest BCUT2D eigenvalue weighted by molar-refractivity contribution is 7.17. The van der Waals surface area contributed by atoms with Gasteiger partial charge in [0.25, 0.3) is 0 Å². The predicted molar refractivity (Wildman–Crippen MR) is 73.0 cm³/mol. The van der Waals surface area contributed by atoms with Crippen molar-refractivity contribution in [3.8, 4) is 11.6 Å². The Bertz CT molecular complexity index is 757. The van der Waals surface area contributed by atoms with Crippen molar-refractivity contribution in [2.24, 2.45) is 0 Å². The quantitative estimate of drug-likeness (QED) is 0.727. The number of hydrogen-bond acceptors (Lipinski definition) is 5. The molecule has 0 saturated heterocycles. The van der Waals surface area contributed by atoms with Crippen molar-refractivity contribution in [2.75, 3.05) is 5.73 Å². The van der Waals surface area contributed by atoms with Gasteiger partial charge < -0.3 is 10.5 Å². The second-order valence-electron chi connectivity index (χ2n) is 4.07. The number of benzene rings is 1. The monoisotopic (exact) mass is 275 g/mol. The number of nitrogens with zero attached hydrogens (tertiary/aromatic N) is 2. The summed E-state index contributed by atoms with van der Waals surface area (Å²) in [6.45, 7) is 1.96. The predicted octanol–water partition coefficient (Wildman–Crippen LogP) is 3.51. The number of thiophene rings is 1. The topological polar surface area (TPSA) is 61.0 Å². The molecule has 19 heavy (non-hydrogen) atoms. The summed E-state index contributed by atoms with van der Waals surface area (Å²) in [7, 11) is 0. The van der Waals surface area contributed by atoms with Crippen LogP contribution in [-0.4, -0.2) is 9.97 Å². The van der Waals surface area contributed by atoms with Gasteiger partial charge in [-0.15, -0.1) is 11.3 Å². The molecule has 2 heterocycles. The van der Waals surface area contributed by atoms with E-state index in [1.807, 2.05) is 12.3 Å². The van der Waals surface area contributed by atoms with Crippen molar-refractivity contribution < 1.29 is 9.13 Å². The van der Waals surface area contributed by atoms with Gasteiger partial charge in [0.05, 0.1) is 5.52 Å². The molecule has 0 unspecified atom stereocenters. The molecule has 6 heteroatoms. The highest BCUT2D eigenvalue weighted by atomic mass is 32.1. The van der Waals surface area contributed by atoms with Crippen molar-refractivity contribution in [1.82, 2.24) is 9.97 Å². The average molecular weight is 275 g/mol. The van der Waals surface area contributed by atoms with Crippen LogP contribution in [0.25, 0.3) is 10.2 Å². The van der Waals surface area contributed by atoms with E-state index in [1.54, 1.807) is 6.07 Å². The molecule has 0 radical (unpaired) electrons. The standard InChI is InChI=1S/C13H10FN3OS/c1-7-5-19-12-11(7)16-6-17-13(12)18-10-3-2-8(15)4-9(10)14/h2-6H,15H2,1H3. The van der Waals surface area contributed by atoms with Crippen molar-refractivity contribution >= 4 is 27.2 Å². The summed E-state index contributed by atoms with van der Waals surface area (Å²) in [5.74, 6) is -0.0629. The molecule has 0 spiro atoms. The zero-order chi connectivity index (χ0) is 13.4. The van der Waals surface area contributed by atoms with Crippen molar-refractivity contribution in [3.05, 3.63) is 41.3 Å². The normalized spacial score (nSPS) is 10.8. The first-order chi connectivity index (χ1) is 9.15. The fourth-order valence-electron chi connectivity index (χ4n) is 1.72. The summed E-state index contributed by atoms with van der Waals surface area (Å²) in [6.07, 6.45) is 1.41. The van der Waals surface area contributed by atoms with Crippen LogP contribution in [0, 0.1) is 12.7 Å². The number of halogens is 1. The van der Waals surface area contributed by atoms with E-state index in [1.165, 1.54) is 29.8 Å². The molecule has 0 aliphatic carbocycles. The Hall–Kier alpha value is -2.21. The number of rotatable bonds is 2. The molecule has 2 aromatic heterocycles. The van der Waals surface area contributed by atoms with Gasteiger partial charge >= 0.3 is 0 Å². The average Bonchev–Trinajstić information content (AvgIpc) is 2.76. The minimum absolute atomic E-state index is 0.0975. The van der Waals surface area contributed by atoms with Crippen LogP contribution in [0.3, 0.4) is 0 Å². The molecule has 1 aromatic carbocycles. The highest BCUT2D eigenvalue weighted by Crippen LogP contribution is 2.33. The number of aryl methyl sites for hydroxylation is 1. The van der Waals surface area contributed by atoms with E-state index < -0.39 is 5.82 Å². The summed E-state index contributed by atoms with van der Waals surface area (Å²) in [5.41, 5.74) is 7.72. The zero-order valence-electron chi connectivity index (χ0n) is 10.1. The van der Waals surface area contributed by atoms with Crippen LogP contribution in [0.2, 0.25) is 0 Å². The number of anilines is 1. The lowest BCUT2D eigenvalue weighted by Gasteiger charge is -2.06. The van der Waals surface area contributed by atoms with Gasteiger partial charge in [-0.05, 0) is 30.0 Å². The Morgan fingerprint density at radius 3 is 2.95 bits per heavy atom. The first-order valence-electron chi connectivity index (χ1n) is 5.57. The van der Waals surface area contributed by atoms with Crippen LogP contribution in [-0.2, 0) is 0 Å². The lowest BCUT2D eigenvalue weighted by Crippen LogP contribution is -1.93. The summed E-state index contributed by atoms with van der Waals surface area (Å²) in [5, 5.41) is 1.96. The molecule has 0 aliphatic rings. The molecular formula is C13H10FN3OS. The third kappa shape index (κ3) is 2.10. The summed E-state index contributed by atoms with van der Waals surface area (Å²) >= 11 is 1.47. The Balaban J connectivity index is 2.06. The smallest absolute Gasteiger partial charge is 0.240 e. The highest BCUT2D eigenvalue weighted by Gasteiger charge is 2.12. The lowest BCUT2D eigenvalue weighted by molar-refractivity contribution is 0.432. The number of hydrogen-bond donors (Lipinski definition) is 1. The molecule has 0 saturated carbocycles. The fraction of sp³-hybridized carbons (Fsp3) is 0.0769. The molecule has 0 bridgehead atoms.